The maximum absolute atomic E-state index is 10.8. The van der Waals surface area contributed by atoms with E-state index in [0.29, 0.717) is 16.0 Å². The van der Waals surface area contributed by atoms with E-state index in [1.54, 1.807) is 6.07 Å². The second-order valence-electron chi connectivity index (χ2n) is 3.89. The van der Waals surface area contributed by atoms with Crippen molar-refractivity contribution < 1.29 is 9.66 Å². The Bertz CT molecular complexity index is 661. The number of rotatable bonds is 4. The normalized spacial score (nSPS) is 10.3. The van der Waals surface area contributed by atoms with Gasteiger partial charge in [0.05, 0.1) is 11.0 Å². The molecule has 0 saturated heterocycles. The van der Waals surface area contributed by atoms with Gasteiger partial charge in [0.2, 0.25) is 0 Å². The quantitative estimate of drug-likeness (QED) is 0.325. The van der Waals surface area contributed by atoms with Crippen LogP contribution in [0.2, 0.25) is 0 Å². The number of nitro groups is 1. The molecule has 2 aromatic rings. The molecule has 0 saturated carbocycles. The summed E-state index contributed by atoms with van der Waals surface area (Å²) in [6, 6.07) is 10.0. The lowest BCUT2D eigenvalue weighted by molar-refractivity contribution is -0.385. The highest BCUT2D eigenvalue weighted by molar-refractivity contribution is 9.11. The smallest absolute Gasteiger partial charge is 0.274 e. The zero-order valence-electron chi connectivity index (χ0n) is 9.98. The van der Waals surface area contributed by atoms with Gasteiger partial charge >= 0.3 is 0 Å². The molecule has 0 fully saturated rings. The van der Waals surface area contributed by atoms with E-state index in [-0.39, 0.29) is 5.69 Å². The highest BCUT2D eigenvalue weighted by Crippen LogP contribution is 2.32. The number of ether oxygens (including phenoxy) is 1. The molecule has 0 aromatic heterocycles. The molecule has 7 heteroatoms. The molecule has 2 aromatic carbocycles. The van der Waals surface area contributed by atoms with Crippen LogP contribution in [0.15, 0.2) is 45.3 Å². The molecule has 0 aliphatic rings. The Morgan fingerprint density at radius 2 is 1.85 bits per heavy atom. The van der Waals surface area contributed by atoms with Crippen LogP contribution in [0.25, 0.3) is 0 Å². The van der Waals surface area contributed by atoms with Gasteiger partial charge in [0.1, 0.15) is 11.5 Å². The van der Waals surface area contributed by atoms with Gasteiger partial charge < -0.3 is 4.74 Å². The molecule has 0 atom stereocenters. The Morgan fingerprint density at radius 3 is 2.45 bits per heavy atom. The predicted octanol–water partition coefficient (Wildman–Crippen LogP) is 5.81. The molecular formula is C13H8Br3NO3. The van der Waals surface area contributed by atoms with Crippen molar-refractivity contribution in [2.75, 3.05) is 0 Å². The molecule has 0 aliphatic heterocycles. The number of nitro benzene ring substituents is 1. The number of hydrogen-bond donors (Lipinski definition) is 0. The molecule has 20 heavy (non-hydrogen) atoms. The van der Waals surface area contributed by atoms with Crippen LogP contribution >= 0.6 is 47.8 Å². The topological polar surface area (TPSA) is 52.4 Å². The molecule has 104 valence electrons. The molecule has 0 bridgehead atoms. The number of hydrogen-bond acceptors (Lipinski definition) is 3. The van der Waals surface area contributed by atoms with Crippen molar-refractivity contribution in [3.05, 3.63) is 61.0 Å². The third-order valence-electron chi connectivity index (χ3n) is 2.47. The van der Waals surface area contributed by atoms with Gasteiger partial charge in [0.15, 0.2) is 0 Å². The number of benzene rings is 2. The fourth-order valence-electron chi connectivity index (χ4n) is 1.55. The van der Waals surface area contributed by atoms with Crippen molar-refractivity contribution in [3.8, 4) is 11.5 Å². The molecule has 2 rings (SSSR count). The van der Waals surface area contributed by atoms with E-state index in [0.717, 1.165) is 15.4 Å². The van der Waals surface area contributed by atoms with Gasteiger partial charge in [-0.15, -0.1) is 0 Å². The third kappa shape index (κ3) is 3.80. The molecule has 0 N–H and O–H groups in total. The van der Waals surface area contributed by atoms with Gasteiger partial charge in [-0.05, 0) is 23.8 Å². The Hall–Kier alpha value is -0.920. The van der Waals surface area contributed by atoms with Crippen molar-refractivity contribution in [2.45, 2.75) is 5.33 Å². The third-order valence-corrected chi connectivity index (χ3v) is 4.27. The summed E-state index contributed by atoms with van der Waals surface area (Å²) in [6.45, 7) is 0. The predicted molar refractivity (Wildman–Crippen MR) is 87.6 cm³/mol. The zero-order chi connectivity index (χ0) is 14.7. The maximum Gasteiger partial charge on any atom is 0.274 e. The van der Waals surface area contributed by atoms with Crippen LogP contribution in [-0.4, -0.2) is 4.92 Å². The molecule has 0 spiro atoms. The van der Waals surface area contributed by atoms with Crippen LogP contribution in [0, 0.1) is 10.1 Å². The van der Waals surface area contributed by atoms with Crippen molar-refractivity contribution in [1.82, 2.24) is 0 Å². The first-order valence-corrected chi connectivity index (χ1v) is 8.17. The highest BCUT2D eigenvalue weighted by atomic mass is 79.9. The van der Waals surface area contributed by atoms with Crippen molar-refractivity contribution in [3.63, 3.8) is 0 Å². The monoisotopic (exact) mass is 463 g/mol. The molecule has 0 aliphatic carbocycles. The van der Waals surface area contributed by atoms with Crippen LogP contribution < -0.4 is 4.74 Å². The van der Waals surface area contributed by atoms with Crippen LogP contribution in [0.5, 0.6) is 11.5 Å². The molecule has 0 amide bonds. The summed E-state index contributed by atoms with van der Waals surface area (Å²) in [5, 5.41) is 11.5. The van der Waals surface area contributed by atoms with E-state index in [1.807, 2.05) is 18.2 Å². The second-order valence-corrected chi connectivity index (χ2v) is 6.22. The van der Waals surface area contributed by atoms with Crippen LogP contribution in [-0.2, 0) is 5.33 Å². The van der Waals surface area contributed by atoms with E-state index in [4.69, 9.17) is 4.74 Å². The molecule has 0 radical (unpaired) electrons. The molecule has 0 unspecified atom stereocenters. The fourth-order valence-corrected chi connectivity index (χ4v) is 3.37. The zero-order valence-corrected chi connectivity index (χ0v) is 14.7. The molecule has 4 nitrogen and oxygen atoms in total. The lowest BCUT2D eigenvalue weighted by Crippen LogP contribution is -1.91. The number of non-ortho nitro benzene ring substituents is 1. The van der Waals surface area contributed by atoms with E-state index in [9.17, 15) is 10.1 Å². The largest absolute Gasteiger partial charge is 0.457 e. The lowest BCUT2D eigenvalue weighted by atomic mass is 10.2. The Labute approximate surface area is 140 Å². The van der Waals surface area contributed by atoms with Gasteiger partial charge in [0.25, 0.3) is 5.69 Å². The average molecular weight is 466 g/mol. The number of halogens is 3. The molecule has 0 heterocycles. The first-order valence-electron chi connectivity index (χ1n) is 5.47. The SMILES string of the molecule is O=[N+]([O-])c1cc(Br)cc(Oc2ccc(CBr)c(Br)c2)c1. The van der Waals surface area contributed by atoms with E-state index < -0.39 is 4.92 Å². The van der Waals surface area contributed by atoms with Gasteiger partial charge in [-0.3, -0.25) is 10.1 Å². The van der Waals surface area contributed by atoms with E-state index in [1.165, 1.54) is 12.1 Å². The van der Waals surface area contributed by atoms with Crippen molar-refractivity contribution in [2.24, 2.45) is 0 Å². The summed E-state index contributed by atoms with van der Waals surface area (Å²) in [4.78, 5) is 10.4. The van der Waals surface area contributed by atoms with E-state index >= 15 is 0 Å². The highest BCUT2D eigenvalue weighted by Gasteiger charge is 2.10. The minimum absolute atomic E-state index is 0.0227. The van der Waals surface area contributed by atoms with E-state index in [2.05, 4.69) is 47.8 Å². The summed E-state index contributed by atoms with van der Waals surface area (Å²) >= 11 is 10.1. The first-order chi connectivity index (χ1) is 9.49. The van der Waals surface area contributed by atoms with Gasteiger partial charge in [-0.25, -0.2) is 0 Å². The standard InChI is InChI=1S/C13H8Br3NO3/c14-7-8-1-2-11(6-13(8)16)20-12-4-9(15)3-10(5-12)17(18)19/h1-6H,7H2. The van der Waals surface area contributed by atoms with Crippen LogP contribution in [0.1, 0.15) is 5.56 Å². The average Bonchev–Trinajstić information content (AvgIpc) is 2.38. The maximum atomic E-state index is 10.8. The minimum Gasteiger partial charge on any atom is -0.457 e. The summed E-state index contributed by atoms with van der Waals surface area (Å²) in [7, 11) is 0. The van der Waals surface area contributed by atoms with Crippen molar-refractivity contribution >= 4 is 53.5 Å². The summed E-state index contributed by atoms with van der Waals surface area (Å²) in [5.74, 6) is 1.01. The van der Waals surface area contributed by atoms with Crippen LogP contribution in [0.3, 0.4) is 0 Å². The Kier molecular flexibility index (Phi) is 5.17. The van der Waals surface area contributed by atoms with Crippen LogP contribution in [0.4, 0.5) is 5.69 Å². The van der Waals surface area contributed by atoms with Gasteiger partial charge in [-0.2, -0.15) is 0 Å². The van der Waals surface area contributed by atoms with Gasteiger partial charge in [-0.1, -0.05) is 53.9 Å². The summed E-state index contributed by atoms with van der Waals surface area (Å²) < 4.78 is 7.16. The first kappa shape index (κ1) is 15.5. The second kappa shape index (κ2) is 6.69. The minimum atomic E-state index is -0.457. The fraction of sp³-hybridized carbons (Fsp3) is 0.0769. The summed E-state index contributed by atoms with van der Waals surface area (Å²) in [6.07, 6.45) is 0. The number of alkyl halides is 1. The van der Waals surface area contributed by atoms with Gasteiger partial charge in [0, 0.05) is 20.3 Å². The lowest BCUT2D eigenvalue weighted by Gasteiger charge is -2.08. The number of nitrogens with zero attached hydrogens (tertiary/aromatic N) is 1. The summed E-state index contributed by atoms with van der Waals surface area (Å²) in [5.41, 5.74) is 1.07. The van der Waals surface area contributed by atoms with Crippen molar-refractivity contribution in [1.29, 1.82) is 0 Å². The molecular weight excluding hydrogens is 458 g/mol. The Balaban J connectivity index is 2.30. The Morgan fingerprint density at radius 1 is 1.10 bits per heavy atom.